The molecule has 2 rings (SSSR count). The molecule has 0 aliphatic heterocycles. The third-order valence-corrected chi connectivity index (χ3v) is 2.98. The Kier molecular flexibility index (Phi) is 2.39. The third kappa shape index (κ3) is 1.76. The van der Waals surface area contributed by atoms with Crippen molar-refractivity contribution in [2.24, 2.45) is 5.92 Å². The van der Waals surface area contributed by atoms with Gasteiger partial charge in [-0.15, -0.1) is 0 Å². The molecule has 70 valence electrons. The molecule has 1 N–H and O–H groups in total. The molecule has 0 amide bonds. The minimum absolute atomic E-state index is 0.267. The molecule has 0 unspecified atom stereocenters. The first-order valence-electron chi connectivity index (χ1n) is 4.32. The van der Waals surface area contributed by atoms with Gasteiger partial charge in [0.2, 0.25) is 0 Å². The van der Waals surface area contributed by atoms with Crippen molar-refractivity contribution < 1.29 is 9.50 Å². The number of hydrogen-bond donors (Lipinski definition) is 1. The Morgan fingerprint density at radius 1 is 1.46 bits per heavy atom. The van der Waals surface area contributed by atoms with Gasteiger partial charge in [0.1, 0.15) is 5.82 Å². The van der Waals surface area contributed by atoms with E-state index in [9.17, 15) is 9.50 Å². The Bertz CT molecular complexity index is 323. The van der Waals surface area contributed by atoms with E-state index in [2.05, 4.69) is 15.9 Å². The standard InChI is InChI=1S/C10H10BrFO/c11-8-3-1-2-7(9(8)12)10(13)6-4-5-6/h1-3,6,10,13H,4-5H2/t10-/m0/s1. The zero-order chi connectivity index (χ0) is 9.42. The molecule has 1 nitrogen and oxygen atoms in total. The Morgan fingerprint density at radius 2 is 2.15 bits per heavy atom. The van der Waals surface area contributed by atoms with Crippen molar-refractivity contribution in [3.63, 3.8) is 0 Å². The van der Waals surface area contributed by atoms with Crippen LogP contribution in [0.2, 0.25) is 0 Å². The highest BCUT2D eigenvalue weighted by Gasteiger charge is 2.32. The van der Waals surface area contributed by atoms with Gasteiger partial charge in [0.15, 0.2) is 0 Å². The zero-order valence-electron chi connectivity index (χ0n) is 7.00. The summed E-state index contributed by atoms with van der Waals surface area (Å²) in [5, 5.41) is 9.70. The summed E-state index contributed by atoms with van der Waals surface area (Å²) in [6.07, 6.45) is 1.39. The second kappa shape index (κ2) is 3.39. The van der Waals surface area contributed by atoms with Crippen LogP contribution >= 0.6 is 15.9 Å². The summed E-state index contributed by atoms with van der Waals surface area (Å²) >= 11 is 3.10. The third-order valence-electron chi connectivity index (χ3n) is 2.37. The highest BCUT2D eigenvalue weighted by atomic mass is 79.9. The number of rotatable bonds is 2. The minimum atomic E-state index is -0.627. The summed E-state index contributed by atoms with van der Waals surface area (Å²) in [6, 6.07) is 5.02. The van der Waals surface area contributed by atoms with Gasteiger partial charge in [0.05, 0.1) is 10.6 Å². The van der Waals surface area contributed by atoms with Gasteiger partial charge < -0.3 is 5.11 Å². The van der Waals surface area contributed by atoms with E-state index in [-0.39, 0.29) is 11.7 Å². The quantitative estimate of drug-likeness (QED) is 0.849. The molecule has 1 aromatic rings. The van der Waals surface area contributed by atoms with Crippen molar-refractivity contribution in [2.75, 3.05) is 0 Å². The van der Waals surface area contributed by atoms with Crippen molar-refractivity contribution >= 4 is 15.9 Å². The van der Waals surface area contributed by atoms with Crippen LogP contribution in [0, 0.1) is 11.7 Å². The zero-order valence-corrected chi connectivity index (χ0v) is 8.59. The molecule has 0 bridgehead atoms. The summed E-state index contributed by atoms with van der Waals surface area (Å²) in [5.74, 6) is -0.0642. The van der Waals surface area contributed by atoms with Crippen LogP contribution in [0.5, 0.6) is 0 Å². The summed E-state index contributed by atoms with van der Waals surface area (Å²) in [5.41, 5.74) is 0.414. The maximum atomic E-state index is 13.4. The van der Waals surface area contributed by atoms with Crippen LogP contribution in [0.4, 0.5) is 4.39 Å². The van der Waals surface area contributed by atoms with Gasteiger partial charge in [-0.2, -0.15) is 0 Å². The van der Waals surface area contributed by atoms with E-state index in [1.54, 1.807) is 18.2 Å². The van der Waals surface area contributed by atoms with Crippen molar-refractivity contribution in [2.45, 2.75) is 18.9 Å². The van der Waals surface area contributed by atoms with E-state index >= 15 is 0 Å². The number of halogens is 2. The molecule has 1 aromatic carbocycles. The molecule has 1 aliphatic carbocycles. The Labute approximate surface area is 84.7 Å². The van der Waals surface area contributed by atoms with E-state index in [1.165, 1.54) is 0 Å². The Morgan fingerprint density at radius 3 is 2.77 bits per heavy atom. The number of aliphatic hydroxyl groups is 1. The van der Waals surface area contributed by atoms with Crippen molar-refractivity contribution in [3.05, 3.63) is 34.1 Å². The summed E-state index contributed by atoms with van der Waals surface area (Å²) < 4.78 is 13.9. The normalized spacial score (nSPS) is 18.7. The van der Waals surface area contributed by atoms with Crippen molar-refractivity contribution in [1.82, 2.24) is 0 Å². The molecule has 1 saturated carbocycles. The average Bonchev–Trinajstić information content (AvgIpc) is 2.91. The fourth-order valence-electron chi connectivity index (χ4n) is 1.41. The largest absolute Gasteiger partial charge is 0.388 e. The SMILES string of the molecule is O[C@H](c1cccc(Br)c1F)C1CC1. The molecule has 0 aromatic heterocycles. The molecular weight excluding hydrogens is 235 g/mol. The molecule has 1 atom stereocenters. The van der Waals surface area contributed by atoms with E-state index < -0.39 is 6.10 Å². The van der Waals surface area contributed by atoms with Crippen LogP contribution in [0.3, 0.4) is 0 Å². The predicted octanol–water partition coefficient (Wildman–Crippen LogP) is 3.03. The molecule has 1 aliphatic rings. The summed E-state index contributed by atoms with van der Waals surface area (Å²) in [7, 11) is 0. The first-order valence-corrected chi connectivity index (χ1v) is 5.11. The van der Waals surface area contributed by atoms with Gasteiger partial charge in [-0.05, 0) is 40.8 Å². The number of benzene rings is 1. The molecule has 0 heterocycles. The molecule has 13 heavy (non-hydrogen) atoms. The molecule has 0 saturated heterocycles. The molecular formula is C10H10BrFO. The van der Waals surface area contributed by atoms with Crippen molar-refractivity contribution in [1.29, 1.82) is 0 Å². The lowest BCUT2D eigenvalue weighted by atomic mass is 10.1. The van der Waals surface area contributed by atoms with E-state index in [4.69, 9.17) is 0 Å². The second-order valence-corrected chi connectivity index (χ2v) is 4.28. The Balaban J connectivity index is 2.32. The van der Waals surface area contributed by atoms with Gasteiger partial charge in [0, 0.05) is 5.56 Å². The van der Waals surface area contributed by atoms with E-state index in [0.29, 0.717) is 10.0 Å². The molecule has 0 spiro atoms. The van der Waals surface area contributed by atoms with Crippen LogP contribution in [-0.2, 0) is 0 Å². The van der Waals surface area contributed by atoms with Gasteiger partial charge in [0.25, 0.3) is 0 Å². The van der Waals surface area contributed by atoms with Crippen LogP contribution in [-0.4, -0.2) is 5.11 Å². The monoisotopic (exact) mass is 244 g/mol. The molecule has 1 fully saturated rings. The summed E-state index contributed by atoms with van der Waals surface area (Å²) in [6.45, 7) is 0. The lowest BCUT2D eigenvalue weighted by Gasteiger charge is -2.10. The van der Waals surface area contributed by atoms with E-state index in [0.717, 1.165) is 12.8 Å². The highest BCUT2D eigenvalue weighted by molar-refractivity contribution is 9.10. The lowest BCUT2D eigenvalue weighted by Crippen LogP contribution is -2.02. The minimum Gasteiger partial charge on any atom is -0.388 e. The van der Waals surface area contributed by atoms with Gasteiger partial charge in [-0.25, -0.2) is 4.39 Å². The summed E-state index contributed by atoms with van der Waals surface area (Å²) in [4.78, 5) is 0. The maximum absolute atomic E-state index is 13.4. The predicted molar refractivity (Wildman–Crippen MR) is 51.8 cm³/mol. The van der Waals surface area contributed by atoms with Crippen LogP contribution in [0.25, 0.3) is 0 Å². The van der Waals surface area contributed by atoms with Crippen LogP contribution in [0.1, 0.15) is 24.5 Å². The fourth-order valence-corrected chi connectivity index (χ4v) is 1.80. The number of hydrogen-bond acceptors (Lipinski definition) is 1. The number of aliphatic hydroxyl groups excluding tert-OH is 1. The molecule has 0 radical (unpaired) electrons. The fraction of sp³-hybridized carbons (Fsp3) is 0.400. The topological polar surface area (TPSA) is 20.2 Å². The van der Waals surface area contributed by atoms with Crippen LogP contribution < -0.4 is 0 Å². The first kappa shape index (κ1) is 9.16. The second-order valence-electron chi connectivity index (χ2n) is 3.43. The van der Waals surface area contributed by atoms with Gasteiger partial charge >= 0.3 is 0 Å². The van der Waals surface area contributed by atoms with Gasteiger partial charge in [-0.1, -0.05) is 12.1 Å². The Hall–Kier alpha value is -0.410. The van der Waals surface area contributed by atoms with Crippen molar-refractivity contribution in [3.8, 4) is 0 Å². The maximum Gasteiger partial charge on any atom is 0.143 e. The average molecular weight is 245 g/mol. The van der Waals surface area contributed by atoms with Gasteiger partial charge in [-0.3, -0.25) is 0 Å². The smallest absolute Gasteiger partial charge is 0.143 e. The van der Waals surface area contributed by atoms with Crippen LogP contribution in [0.15, 0.2) is 22.7 Å². The highest BCUT2D eigenvalue weighted by Crippen LogP contribution is 2.42. The molecule has 3 heteroatoms. The lowest BCUT2D eigenvalue weighted by molar-refractivity contribution is 0.149. The van der Waals surface area contributed by atoms with E-state index in [1.807, 2.05) is 0 Å². The first-order chi connectivity index (χ1) is 6.20.